The summed E-state index contributed by atoms with van der Waals surface area (Å²) in [6.45, 7) is 6.91. The zero-order valence-electron chi connectivity index (χ0n) is 16.7. The van der Waals surface area contributed by atoms with E-state index in [1.54, 1.807) is 25.2 Å². The van der Waals surface area contributed by atoms with Crippen LogP contribution in [0.15, 0.2) is 23.0 Å². The highest BCUT2D eigenvalue weighted by atomic mass is 16.6. The number of aromatic nitrogens is 2. The molecule has 2 heterocycles. The number of alkyl carbamates (subject to hydrolysis) is 1. The van der Waals surface area contributed by atoms with Gasteiger partial charge < -0.3 is 19.9 Å². The minimum atomic E-state index is -0.505. The molecule has 2 N–H and O–H groups in total. The molecular formula is C20H26N4O4. The van der Waals surface area contributed by atoms with Gasteiger partial charge in [0, 0.05) is 37.2 Å². The van der Waals surface area contributed by atoms with Crippen LogP contribution in [-0.2, 0) is 11.8 Å². The molecule has 1 aliphatic carbocycles. The molecule has 2 amide bonds. The number of carbonyl (C=O) groups is 2. The first-order valence-electron chi connectivity index (χ1n) is 9.53. The van der Waals surface area contributed by atoms with Gasteiger partial charge in [0.15, 0.2) is 0 Å². The average Bonchev–Trinajstić information content (AvgIpc) is 2.80. The molecular weight excluding hydrogens is 360 g/mol. The predicted molar refractivity (Wildman–Crippen MR) is 104 cm³/mol. The van der Waals surface area contributed by atoms with E-state index in [0.717, 1.165) is 18.4 Å². The Balaban J connectivity index is 1.32. The van der Waals surface area contributed by atoms with Crippen molar-refractivity contribution in [2.75, 3.05) is 13.1 Å². The van der Waals surface area contributed by atoms with Gasteiger partial charge in [0.05, 0.1) is 11.0 Å². The third-order valence-corrected chi connectivity index (χ3v) is 5.57. The fourth-order valence-electron chi connectivity index (χ4n) is 4.28. The Kier molecular flexibility index (Phi) is 4.06. The summed E-state index contributed by atoms with van der Waals surface area (Å²) in [4.78, 5) is 40.9. The molecule has 2 aromatic rings. The number of fused-ring (bicyclic) bond motifs is 1. The quantitative estimate of drug-likeness (QED) is 0.825. The van der Waals surface area contributed by atoms with Gasteiger partial charge >= 0.3 is 11.8 Å². The maximum atomic E-state index is 12.7. The number of aromatic amines is 1. The Morgan fingerprint density at radius 1 is 1.25 bits per heavy atom. The van der Waals surface area contributed by atoms with E-state index in [-0.39, 0.29) is 29.1 Å². The molecule has 0 atom stereocenters. The minimum Gasteiger partial charge on any atom is -0.444 e. The lowest BCUT2D eigenvalue weighted by Crippen LogP contribution is -2.67. The van der Waals surface area contributed by atoms with Crippen LogP contribution in [0.25, 0.3) is 11.0 Å². The summed E-state index contributed by atoms with van der Waals surface area (Å²) < 4.78 is 6.81. The van der Waals surface area contributed by atoms with E-state index in [4.69, 9.17) is 4.74 Å². The van der Waals surface area contributed by atoms with Crippen molar-refractivity contribution in [3.8, 4) is 0 Å². The van der Waals surface area contributed by atoms with Gasteiger partial charge in [-0.25, -0.2) is 9.59 Å². The fourth-order valence-corrected chi connectivity index (χ4v) is 4.28. The number of imidazole rings is 1. The van der Waals surface area contributed by atoms with E-state index in [0.29, 0.717) is 24.2 Å². The lowest BCUT2D eigenvalue weighted by atomic mass is 9.60. The molecule has 8 heteroatoms. The summed E-state index contributed by atoms with van der Waals surface area (Å²) in [5.41, 5.74) is 1.43. The lowest BCUT2D eigenvalue weighted by molar-refractivity contribution is -0.0621. The molecule has 0 radical (unpaired) electrons. The van der Waals surface area contributed by atoms with Gasteiger partial charge in [-0.05, 0) is 51.8 Å². The van der Waals surface area contributed by atoms with Gasteiger partial charge in [0.2, 0.25) is 0 Å². The largest absolute Gasteiger partial charge is 0.444 e. The van der Waals surface area contributed by atoms with Crippen molar-refractivity contribution < 1.29 is 14.3 Å². The first-order valence-corrected chi connectivity index (χ1v) is 9.53. The van der Waals surface area contributed by atoms with Gasteiger partial charge in [0.25, 0.3) is 5.91 Å². The molecule has 0 bridgehead atoms. The summed E-state index contributed by atoms with van der Waals surface area (Å²) in [5, 5.41) is 2.90. The molecule has 2 fully saturated rings. The maximum Gasteiger partial charge on any atom is 0.407 e. The molecule has 8 nitrogen and oxygen atoms in total. The molecule has 1 aromatic carbocycles. The number of hydrogen-bond acceptors (Lipinski definition) is 4. The van der Waals surface area contributed by atoms with Gasteiger partial charge in [-0.15, -0.1) is 0 Å². The Morgan fingerprint density at radius 2 is 1.93 bits per heavy atom. The average molecular weight is 386 g/mol. The van der Waals surface area contributed by atoms with E-state index in [9.17, 15) is 14.4 Å². The molecule has 1 saturated heterocycles. The van der Waals surface area contributed by atoms with Crippen molar-refractivity contribution in [2.45, 2.75) is 45.3 Å². The van der Waals surface area contributed by atoms with E-state index in [2.05, 4.69) is 10.3 Å². The van der Waals surface area contributed by atoms with Gasteiger partial charge in [-0.2, -0.15) is 0 Å². The van der Waals surface area contributed by atoms with Crippen molar-refractivity contribution in [1.82, 2.24) is 19.8 Å². The fraction of sp³-hybridized carbons (Fsp3) is 0.550. The second-order valence-electron chi connectivity index (χ2n) is 9.13. The highest BCUT2D eigenvalue weighted by molar-refractivity contribution is 5.98. The van der Waals surface area contributed by atoms with Gasteiger partial charge in [0.1, 0.15) is 5.60 Å². The number of nitrogens with zero attached hydrogens (tertiary/aromatic N) is 2. The van der Waals surface area contributed by atoms with Gasteiger partial charge in [-0.3, -0.25) is 9.36 Å². The summed E-state index contributed by atoms with van der Waals surface area (Å²) in [6.07, 6.45) is 1.34. The maximum absolute atomic E-state index is 12.7. The van der Waals surface area contributed by atoms with E-state index >= 15 is 0 Å². The number of carbonyl (C=O) groups excluding carboxylic acids is 2. The summed E-state index contributed by atoms with van der Waals surface area (Å²) in [7, 11) is 1.69. The summed E-state index contributed by atoms with van der Waals surface area (Å²) >= 11 is 0. The number of aryl methyl sites for hydroxylation is 1. The second-order valence-corrected chi connectivity index (χ2v) is 9.13. The number of rotatable bonds is 2. The van der Waals surface area contributed by atoms with Crippen molar-refractivity contribution in [2.24, 2.45) is 12.5 Å². The standard InChI is InChI=1S/C20H26N4O4/c1-19(2,3)28-18(27)21-13-8-20(9-13)10-24(11-20)16(25)12-5-6-15-14(7-12)22-17(26)23(15)4/h5-7,13H,8-11H2,1-4H3,(H,21,27)(H,22,26). The van der Waals surface area contributed by atoms with Crippen LogP contribution < -0.4 is 11.0 Å². The zero-order valence-corrected chi connectivity index (χ0v) is 16.7. The molecule has 28 heavy (non-hydrogen) atoms. The first-order chi connectivity index (χ1) is 13.1. The number of ether oxygens (including phenoxy) is 1. The highest BCUT2D eigenvalue weighted by Gasteiger charge is 2.54. The van der Waals surface area contributed by atoms with Crippen LogP contribution in [0.4, 0.5) is 4.79 Å². The van der Waals surface area contributed by atoms with Crippen LogP contribution in [0, 0.1) is 5.41 Å². The monoisotopic (exact) mass is 386 g/mol. The van der Waals surface area contributed by atoms with E-state index in [1.807, 2.05) is 25.7 Å². The van der Waals surface area contributed by atoms with E-state index < -0.39 is 5.60 Å². The number of amides is 2. The SMILES string of the molecule is Cn1c(=O)[nH]c2cc(C(=O)N3CC4(CC(NC(=O)OC(C)(C)C)C4)C3)ccc21. The number of hydrogen-bond donors (Lipinski definition) is 2. The van der Waals surface area contributed by atoms with Crippen LogP contribution in [-0.4, -0.2) is 51.2 Å². The summed E-state index contributed by atoms with van der Waals surface area (Å²) in [6, 6.07) is 5.40. The molecule has 1 spiro atoms. The number of H-pyrrole nitrogens is 1. The Bertz CT molecular complexity index is 999. The molecule has 2 aliphatic rings. The normalized spacial score (nSPS) is 18.6. The topological polar surface area (TPSA) is 96.4 Å². The van der Waals surface area contributed by atoms with E-state index in [1.165, 1.54) is 4.57 Å². The third kappa shape index (κ3) is 3.27. The van der Waals surface area contributed by atoms with Crippen molar-refractivity contribution >= 4 is 23.0 Å². The Labute approximate surface area is 162 Å². The molecule has 1 aromatic heterocycles. The van der Waals surface area contributed by atoms with Crippen molar-refractivity contribution in [3.63, 3.8) is 0 Å². The smallest absolute Gasteiger partial charge is 0.407 e. The van der Waals surface area contributed by atoms with Crippen LogP contribution in [0.2, 0.25) is 0 Å². The Morgan fingerprint density at radius 3 is 2.57 bits per heavy atom. The number of benzene rings is 1. The minimum absolute atomic E-state index is 0.0271. The van der Waals surface area contributed by atoms with Crippen LogP contribution >= 0.6 is 0 Å². The molecule has 4 rings (SSSR count). The summed E-state index contributed by atoms with van der Waals surface area (Å²) in [5.74, 6) is -0.0271. The first kappa shape index (κ1) is 18.6. The lowest BCUT2D eigenvalue weighted by Gasteiger charge is -2.58. The van der Waals surface area contributed by atoms with Gasteiger partial charge in [-0.1, -0.05) is 0 Å². The molecule has 1 saturated carbocycles. The Hall–Kier alpha value is -2.77. The highest BCUT2D eigenvalue weighted by Crippen LogP contribution is 2.48. The molecule has 150 valence electrons. The van der Waals surface area contributed by atoms with Crippen LogP contribution in [0.1, 0.15) is 44.0 Å². The van der Waals surface area contributed by atoms with Crippen molar-refractivity contribution in [3.05, 3.63) is 34.2 Å². The van der Waals surface area contributed by atoms with Crippen LogP contribution in [0.3, 0.4) is 0 Å². The number of nitrogens with one attached hydrogen (secondary N) is 2. The molecule has 1 aliphatic heterocycles. The second kappa shape index (κ2) is 6.12. The van der Waals surface area contributed by atoms with Crippen LogP contribution in [0.5, 0.6) is 0 Å². The third-order valence-electron chi connectivity index (χ3n) is 5.57. The molecule has 0 unspecified atom stereocenters. The number of likely N-dealkylation sites (tertiary alicyclic amines) is 1. The zero-order chi connectivity index (χ0) is 20.3. The van der Waals surface area contributed by atoms with Crippen molar-refractivity contribution in [1.29, 1.82) is 0 Å². The predicted octanol–water partition coefficient (Wildman–Crippen LogP) is 2.00.